The molecule has 0 aromatic carbocycles. The Morgan fingerprint density at radius 2 is 2.38 bits per heavy atom. The third-order valence-corrected chi connectivity index (χ3v) is 3.56. The van der Waals surface area contributed by atoms with E-state index in [0.717, 1.165) is 12.4 Å². The smallest absolute Gasteiger partial charge is 0.358 e. The third kappa shape index (κ3) is 3.24. The van der Waals surface area contributed by atoms with E-state index in [-0.39, 0.29) is 6.04 Å². The van der Waals surface area contributed by atoms with E-state index in [1.165, 1.54) is 7.11 Å². The lowest BCUT2D eigenvalue weighted by molar-refractivity contribution is 0.0330. The maximum absolute atomic E-state index is 11.9. The van der Waals surface area contributed by atoms with Crippen molar-refractivity contribution in [2.75, 3.05) is 26.9 Å². The summed E-state index contributed by atoms with van der Waals surface area (Å²) in [4.78, 5) is 18.7. The Morgan fingerprint density at radius 3 is 3.00 bits per heavy atom. The molecule has 0 amide bonds. The van der Waals surface area contributed by atoms with E-state index in [1.54, 1.807) is 10.9 Å². The molecular weight excluding hydrogens is 272 g/mol. The molecule has 0 unspecified atom stereocenters. The average Bonchev–Trinajstić information content (AvgIpc) is 2.89. The molecule has 1 fully saturated rings. The Balaban J connectivity index is 2.31. The molecule has 0 bridgehead atoms. The van der Waals surface area contributed by atoms with Crippen molar-refractivity contribution in [2.24, 2.45) is 4.99 Å². The molecule has 0 N–H and O–H groups in total. The Kier molecular flexibility index (Phi) is 4.95. The van der Waals surface area contributed by atoms with Gasteiger partial charge in [-0.1, -0.05) is 0 Å². The van der Waals surface area contributed by atoms with E-state index < -0.39 is 5.97 Å². The lowest BCUT2D eigenvalue weighted by atomic mass is 10.2. The molecule has 1 atom stereocenters. The first-order chi connectivity index (χ1) is 10.1. The topological polar surface area (TPSA) is 69.0 Å². The molecule has 116 valence electrons. The highest BCUT2D eigenvalue weighted by Crippen LogP contribution is 2.21. The van der Waals surface area contributed by atoms with Gasteiger partial charge in [-0.3, -0.25) is 4.68 Å². The SMILES string of the molecule is CCn1ncc(N=C(C)N2CCOC[C@H]2C)c1C(=O)OC. The summed E-state index contributed by atoms with van der Waals surface area (Å²) in [5, 5.41) is 4.19. The highest BCUT2D eigenvalue weighted by molar-refractivity contribution is 5.95. The molecule has 0 radical (unpaired) electrons. The summed E-state index contributed by atoms with van der Waals surface area (Å²) in [6, 6.07) is 0.269. The standard InChI is InChI=1S/C14H22N4O3/c1-5-18-13(14(19)20-4)12(8-15-18)16-11(3)17-6-7-21-9-10(17)2/h8,10H,5-7,9H2,1-4H3/t10-/m1/s1. The van der Waals surface area contributed by atoms with Gasteiger partial charge >= 0.3 is 5.97 Å². The Morgan fingerprint density at radius 1 is 1.62 bits per heavy atom. The second-order valence-corrected chi connectivity index (χ2v) is 4.96. The van der Waals surface area contributed by atoms with Crippen molar-refractivity contribution in [3.05, 3.63) is 11.9 Å². The summed E-state index contributed by atoms with van der Waals surface area (Å²) in [6.07, 6.45) is 1.60. The van der Waals surface area contributed by atoms with E-state index >= 15 is 0 Å². The number of methoxy groups -OCH3 is 1. The maximum atomic E-state index is 11.9. The van der Waals surface area contributed by atoms with Crippen LogP contribution < -0.4 is 0 Å². The predicted molar refractivity (Wildman–Crippen MR) is 79.0 cm³/mol. The van der Waals surface area contributed by atoms with Gasteiger partial charge in [0.05, 0.1) is 32.6 Å². The normalized spacial score (nSPS) is 19.7. The highest BCUT2D eigenvalue weighted by atomic mass is 16.5. The lowest BCUT2D eigenvalue weighted by Gasteiger charge is -2.34. The molecule has 7 heteroatoms. The molecule has 7 nitrogen and oxygen atoms in total. The van der Waals surface area contributed by atoms with Crippen molar-refractivity contribution in [2.45, 2.75) is 33.4 Å². The van der Waals surface area contributed by atoms with Gasteiger partial charge in [0.2, 0.25) is 0 Å². The van der Waals surface area contributed by atoms with E-state index in [4.69, 9.17) is 9.47 Å². The van der Waals surface area contributed by atoms with E-state index in [1.807, 2.05) is 13.8 Å². The number of aliphatic imine (C=N–C) groups is 1. The molecule has 21 heavy (non-hydrogen) atoms. The van der Waals surface area contributed by atoms with Crippen LogP contribution in [0, 0.1) is 0 Å². The number of aryl methyl sites for hydroxylation is 1. The van der Waals surface area contributed by atoms with Crippen LogP contribution in [0.3, 0.4) is 0 Å². The van der Waals surface area contributed by atoms with Crippen LogP contribution in [0.5, 0.6) is 0 Å². The van der Waals surface area contributed by atoms with Crippen LogP contribution in [-0.2, 0) is 16.0 Å². The van der Waals surface area contributed by atoms with Gasteiger partial charge in [-0.2, -0.15) is 5.10 Å². The Hall–Kier alpha value is -1.89. The fourth-order valence-electron chi connectivity index (χ4n) is 2.45. The highest BCUT2D eigenvalue weighted by Gasteiger charge is 2.22. The fraction of sp³-hybridized carbons (Fsp3) is 0.643. The predicted octanol–water partition coefficient (Wildman–Crippen LogP) is 1.46. The maximum Gasteiger partial charge on any atom is 0.358 e. The zero-order chi connectivity index (χ0) is 15.4. The third-order valence-electron chi connectivity index (χ3n) is 3.56. The van der Waals surface area contributed by atoms with Gasteiger partial charge in [0.1, 0.15) is 11.5 Å². The summed E-state index contributed by atoms with van der Waals surface area (Å²) in [5.41, 5.74) is 0.931. The van der Waals surface area contributed by atoms with Gasteiger partial charge in [0, 0.05) is 13.1 Å². The first-order valence-electron chi connectivity index (χ1n) is 7.12. The molecule has 0 aliphatic carbocycles. The average molecular weight is 294 g/mol. The minimum absolute atomic E-state index is 0.269. The van der Waals surface area contributed by atoms with Crippen LogP contribution in [0.25, 0.3) is 0 Å². The Labute approximate surface area is 124 Å². The lowest BCUT2D eigenvalue weighted by Crippen LogP contribution is -2.46. The number of carbonyl (C=O) groups is 1. The van der Waals surface area contributed by atoms with Crippen molar-refractivity contribution in [1.82, 2.24) is 14.7 Å². The summed E-state index contributed by atoms with van der Waals surface area (Å²) in [5.74, 6) is 0.433. The number of carbonyl (C=O) groups excluding carboxylic acids is 1. The summed E-state index contributed by atoms with van der Waals surface area (Å²) in [6.45, 7) is 8.71. The van der Waals surface area contributed by atoms with Crippen LogP contribution in [0.15, 0.2) is 11.2 Å². The largest absolute Gasteiger partial charge is 0.464 e. The number of aromatic nitrogens is 2. The molecule has 2 rings (SSSR count). The Bertz CT molecular complexity index is 538. The zero-order valence-electron chi connectivity index (χ0n) is 13.0. The minimum Gasteiger partial charge on any atom is -0.464 e. The second kappa shape index (κ2) is 6.71. The number of nitrogens with zero attached hydrogens (tertiary/aromatic N) is 4. The van der Waals surface area contributed by atoms with Gasteiger partial charge in [0.25, 0.3) is 0 Å². The molecule has 1 aliphatic heterocycles. The molecule has 0 saturated carbocycles. The quantitative estimate of drug-likeness (QED) is 0.479. The van der Waals surface area contributed by atoms with Crippen LogP contribution in [-0.4, -0.2) is 59.4 Å². The fourth-order valence-corrected chi connectivity index (χ4v) is 2.45. The van der Waals surface area contributed by atoms with Gasteiger partial charge in [-0.05, 0) is 20.8 Å². The molecule has 2 heterocycles. The van der Waals surface area contributed by atoms with Gasteiger partial charge < -0.3 is 14.4 Å². The van der Waals surface area contributed by atoms with Gasteiger partial charge in [-0.25, -0.2) is 9.79 Å². The second-order valence-electron chi connectivity index (χ2n) is 4.96. The van der Waals surface area contributed by atoms with Crippen LogP contribution in [0.1, 0.15) is 31.3 Å². The van der Waals surface area contributed by atoms with Crippen molar-refractivity contribution in [3.8, 4) is 0 Å². The number of hydrogen-bond donors (Lipinski definition) is 0. The first-order valence-corrected chi connectivity index (χ1v) is 7.12. The van der Waals surface area contributed by atoms with E-state index in [0.29, 0.717) is 31.1 Å². The first kappa shape index (κ1) is 15.5. The zero-order valence-corrected chi connectivity index (χ0v) is 13.0. The number of rotatable bonds is 3. The van der Waals surface area contributed by atoms with Crippen LogP contribution in [0.4, 0.5) is 5.69 Å². The number of amidine groups is 1. The van der Waals surface area contributed by atoms with E-state index in [9.17, 15) is 4.79 Å². The monoisotopic (exact) mass is 294 g/mol. The number of morpholine rings is 1. The van der Waals surface area contributed by atoms with E-state index in [2.05, 4.69) is 21.9 Å². The van der Waals surface area contributed by atoms with Gasteiger partial charge in [-0.15, -0.1) is 0 Å². The molecule has 1 aromatic heterocycles. The summed E-state index contributed by atoms with van der Waals surface area (Å²) in [7, 11) is 1.36. The minimum atomic E-state index is -0.420. The molecule has 1 aromatic rings. The van der Waals surface area contributed by atoms with Crippen molar-refractivity contribution >= 4 is 17.5 Å². The van der Waals surface area contributed by atoms with Gasteiger partial charge in [0.15, 0.2) is 5.69 Å². The van der Waals surface area contributed by atoms with Crippen molar-refractivity contribution in [3.63, 3.8) is 0 Å². The molecular formula is C14H22N4O3. The van der Waals surface area contributed by atoms with Crippen LogP contribution >= 0.6 is 0 Å². The molecule has 1 aliphatic rings. The number of ether oxygens (including phenoxy) is 2. The summed E-state index contributed by atoms with van der Waals surface area (Å²) < 4.78 is 11.8. The van der Waals surface area contributed by atoms with Crippen LogP contribution in [0.2, 0.25) is 0 Å². The van der Waals surface area contributed by atoms with Crippen molar-refractivity contribution in [1.29, 1.82) is 0 Å². The molecule has 1 saturated heterocycles. The molecule has 0 spiro atoms. The number of esters is 1. The number of hydrogen-bond acceptors (Lipinski definition) is 5. The van der Waals surface area contributed by atoms with Crippen molar-refractivity contribution < 1.29 is 14.3 Å². The summed E-state index contributed by atoms with van der Waals surface area (Å²) >= 11 is 0.